The Labute approximate surface area is 327 Å². The van der Waals surface area contributed by atoms with Crippen LogP contribution in [0.4, 0.5) is 17.1 Å². The van der Waals surface area contributed by atoms with Crippen molar-refractivity contribution in [2.45, 2.75) is 5.41 Å². The molecule has 9 aromatic rings. The number of para-hydroxylation sites is 3. The molecule has 0 atom stereocenters. The van der Waals surface area contributed by atoms with Gasteiger partial charge in [0.1, 0.15) is 0 Å². The van der Waals surface area contributed by atoms with Crippen molar-refractivity contribution >= 4 is 17.1 Å². The molecule has 262 valence electrons. The van der Waals surface area contributed by atoms with Gasteiger partial charge in [-0.2, -0.15) is 0 Å². The van der Waals surface area contributed by atoms with E-state index in [1.165, 1.54) is 55.9 Å². The Morgan fingerprint density at radius 1 is 0.304 bits per heavy atom. The molecular formula is C54H36N2. The number of aromatic nitrogens is 1. The Hall–Kier alpha value is -7.29. The van der Waals surface area contributed by atoms with Gasteiger partial charge in [0, 0.05) is 16.8 Å². The molecular weight excluding hydrogens is 677 g/mol. The second-order valence-corrected chi connectivity index (χ2v) is 14.7. The summed E-state index contributed by atoms with van der Waals surface area (Å²) in [7, 11) is 0. The van der Waals surface area contributed by atoms with Crippen molar-refractivity contribution in [2.24, 2.45) is 0 Å². The van der Waals surface area contributed by atoms with Gasteiger partial charge < -0.3 is 4.90 Å². The first-order valence-corrected chi connectivity index (χ1v) is 19.3. The number of hydrogen-bond donors (Lipinski definition) is 0. The maximum absolute atomic E-state index is 5.36. The van der Waals surface area contributed by atoms with E-state index in [9.17, 15) is 0 Å². The Kier molecular flexibility index (Phi) is 7.43. The molecule has 0 N–H and O–H groups in total. The molecule has 8 aromatic carbocycles. The standard InChI is InChI=1S/C54H36N2/c1-4-18-37(19-5-1)40-35-50(38-20-6-2-7-21-38)55-51(36-40)45-26-11-10-24-42(45)39-32-33-44-43-25-12-13-27-46(43)54(49(44)34-39)47-28-14-16-30-52(47)56(41-22-8-3-9-23-41)53-31-17-15-29-48(53)54/h1-36H. The van der Waals surface area contributed by atoms with Crippen LogP contribution in [0.15, 0.2) is 218 Å². The second-order valence-electron chi connectivity index (χ2n) is 14.7. The molecule has 0 fully saturated rings. The van der Waals surface area contributed by atoms with Gasteiger partial charge >= 0.3 is 0 Å². The van der Waals surface area contributed by atoms with Crippen LogP contribution in [0.1, 0.15) is 22.3 Å². The lowest BCUT2D eigenvalue weighted by Crippen LogP contribution is -2.36. The van der Waals surface area contributed by atoms with Gasteiger partial charge in [0.25, 0.3) is 0 Å². The Morgan fingerprint density at radius 2 is 0.804 bits per heavy atom. The summed E-state index contributed by atoms with van der Waals surface area (Å²) in [6, 6.07) is 79.3. The third-order valence-corrected chi connectivity index (χ3v) is 11.7. The van der Waals surface area contributed by atoms with E-state index in [1.54, 1.807) is 0 Å². The lowest BCUT2D eigenvalue weighted by molar-refractivity contribution is 0.753. The number of rotatable bonds is 5. The zero-order valence-electron chi connectivity index (χ0n) is 30.7. The van der Waals surface area contributed by atoms with E-state index >= 15 is 0 Å². The molecule has 2 heterocycles. The number of benzene rings is 8. The summed E-state index contributed by atoms with van der Waals surface area (Å²) in [5, 5.41) is 0. The van der Waals surface area contributed by atoms with Gasteiger partial charge in [-0.05, 0) is 98.1 Å². The zero-order valence-corrected chi connectivity index (χ0v) is 30.7. The lowest BCUT2D eigenvalue weighted by Gasteiger charge is -2.45. The maximum Gasteiger partial charge on any atom is 0.0754 e. The first-order valence-electron chi connectivity index (χ1n) is 19.3. The summed E-state index contributed by atoms with van der Waals surface area (Å²) in [6.07, 6.45) is 0. The van der Waals surface area contributed by atoms with Crippen molar-refractivity contribution in [1.82, 2.24) is 4.98 Å². The number of pyridine rings is 1. The largest absolute Gasteiger partial charge is 0.310 e. The fourth-order valence-electron chi connectivity index (χ4n) is 9.31. The van der Waals surface area contributed by atoms with Crippen molar-refractivity contribution in [3.8, 4) is 55.9 Å². The van der Waals surface area contributed by atoms with Crippen LogP contribution in [-0.2, 0) is 5.41 Å². The van der Waals surface area contributed by atoms with Gasteiger partial charge in [-0.1, -0.05) is 176 Å². The molecule has 2 heteroatoms. The fraction of sp³-hybridized carbons (Fsp3) is 0.0185. The van der Waals surface area contributed by atoms with Crippen LogP contribution in [0, 0.1) is 0 Å². The third kappa shape index (κ3) is 4.86. The molecule has 2 nitrogen and oxygen atoms in total. The van der Waals surface area contributed by atoms with Gasteiger partial charge in [-0.25, -0.2) is 4.98 Å². The average molecular weight is 713 g/mol. The summed E-state index contributed by atoms with van der Waals surface area (Å²) in [6.45, 7) is 0. The van der Waals surface area contributed by atoms with Crippen LogP contribution in [0.25, 0.3) is 55.9 Å². The van der Waals surface area contributed by atoms with Crippen molar-refractivity contribution in [3.05, 3.63) is 241 Å². The maximum atomic E-state index is 5.36. The van der Waals surface area contributed by atoms with Crippen LogP contribution in [0.5, 0.6) is 0 Å². The molecule has 0 amide bonds. The van der Waals surface area contributed by atoms with Crippen LogP contribution in [0.3, 0.4) is 0 Å². The van der Waals surface area contributed by atoms with E-state index in [4.69, 9.17) is 4.98 Å². The van der Waals surface area contributed by atoms with Crippen molar-refractivity contribution < 1.29 is 0 Å². The number of hydrogen-bond acceptors (Lipinski definition) is 2. The van der Waals surface area contributed by atoms with Gasteiger partial charge in [0.15, 0.2) is 0 Å². The van der Waals surface area contributed by atoms with Crippen LogP contribution >= 0.6 is 0 Å². The fourth-order valence-corrected chi connectivity index (χ4v) is 9.31. The smallest absolute Gasteiger partial charge is 0.0754 e. The monoisotopic (exact) mass is 712 g/mol. The molecule has 56 heavy (non-hydrogen) atoms. The summed E-state index contributed by atoms with van der Waals surface area (Å²) in [4.78, 5) is 7.80. The van der Waals surface area contributed by atoms with E-state index in [0.717, 1.165) is 39.3 Å². The summed E-state index contributed by atoms with van der Waals surface area (Å²) in [5.74, 6) is 0. The minimum Gasteiger partial charge on any atom is -0.310 e. The van der Waals surface area contributed by atoms with E-state index in [1.807, 2.05) is 0 Å². The van der Waals surface area contributed by atoms with Gasteiger partial charge in [0.05, 0.1) is 28.2 Å². The zero-order chi connectivity index (χ0) is 37.1. The summed E-state index contributed by atoms with van der Waals surface area (Å²) < 4.78 is 0. The van der Waals surface area contributed by atoms with Crippen molar-refractivity contribution in [3.63, 3.8) is 0 Å². The highest BCUT2D eigenvalue weighted by Gasteiger charge is 2.51. The minimum absolute atomic E-state index is 0.526. The highest BCUT2D eigenvalue weighted by Crippen LogP contribution is 2.63. The molecule has 0 bridgehead atoms. The molecule has 1 aliphatic carbocycles. The molecule has 1 spiro atoms. The van der Waals surface area contributed by atoms with E-state index in [2.05, 4.69) is 223 Å². The van der Waals surface area contributed by atoms with Crippen molar-refractivity contribution in [2.75, 3.05) is 4.90 Å². The molecule has 0 radical (unpaired) electrons. The summed E-state index contributed by atoms with van der Waals surface area (Å²) in [5.41, 5.74) is 19.5. The van der Waals surface area contributed by atoms with E-state index in [-0.39, 0.29) is 0 Å². The molecule has 11 rings (SSSR count). The first kappa shape index (κ1) is 32.2. The van der Waals surface area contributed by atoms with Gasteiger partial charge in [-0.15, -0.1) is 0 Å². The Bertz CT molecular complexity index is 2810. The normalized spacial score (nSPS) is 13.1. The number of fused-ring (bicyclic) bond motifs is 9. The van der Waals surface area contributed by atoms with Crippen LogP contribution < -0.4 is 4.90 Å². The van der Waals surface area contributed by atoms with E-state index in [0.29, 0.717) is 0 Å². The molecule has 0 unspecified atom stereocenters. The Balaban J connectivity index is 1.15. The lowest BCUT2D eigenvalue weighted by atomic mass is 9.64. The highest BCUT2D eigenvalue weighted by molar-refractivity contribution is 5.97. The molecule has 1 aliphatic heterocycles. The quantitative estimate of drug-likeness (QED) is 0.177. The molecule has 1 aromatic heterocycles. The molecule has 2 aliphatic rings. The molecule has 0 saturated heterocycles. The van der Waals surface area contributed by atoms with E-state index < -0.39 is 5.41 Å². The topological polar surface area (TPSA) is 16.1 Å². The SMILES string of the molecule is c1ccc(-c2cc(-c3ccccc3)nc(-c3ccccc3-c3ccc4c(c3)C3(c5ccccc5-4)c4ccccc4N(c4ccccc4)c4ccccc43)c2)cc1. The minimum atomic E-state index is -0.526. The predicted molar refractivity (Wildman–Crippen MR) is 232 cm³/mol. The van der Waals surface area contributed by atoms with Crippen LogP contribution in [0.2, 0.25) is 0 Å². The predicted octanol–water partition coefficient (Wildman–Crippen LogP) is 13.9. The third-order valence-electron chi connectivity index (χ3n) is 11.7. The van der Waals surface area contributed by atoms with Crippen molar-refractivity contribution in [1.29, 1.82) is 0 Å². The highest BCUT2D eigenvalue weighted by atomic mass is 15.2. The van der Waals surface area contributed by atoms with Gasteiger partial charge in [0.2, 0.25) is 0 Å². The second kappa shape index (κ2) is 12.9. The number of anilines is 3. The van der Waals surface area contributed by atoms with Crippen LogP contribution in [-0.4, -0.2) is 4.98 Å². The molecule has 0 saturated carbocycles. The summed E-state index contributed by atoms with van der Waals surface area (Å²) >= 11 is 0. The van der Waals surface area contributed by atoms with Gasteiger partial charge in [-0.3, -0.25) is 0 Å². The first-order chi connectivity index (χ1) is 27.8. The Morgan fingerprint density at radius 3 is 1.48 bits per heavy atom. The average Bonchev–Trinajstić information content (AvgIpc) is 3.57. The number of nitrogens with zero attached hydrogens (tertiary/aromatic N) is 2.